The number of thiocarbonyl (C=S) groups is 1. The molecule has 3 aromatic carbocycles. The van der Waals surface area contributed by atoms with Gasteiger partial charge in [-0.15, -0.1) is 0 Å². The number of nitrogens with one attached hydrogen (secondary N) is 2. The van der Waals surface area contributed by atoms with E-state index in [1.165, 1.54) is 11.1 Å². The molecule has 2 N–H and O–H groups in total. The SMILES string of the molecule is COc1cc2cc(CN(CCc3cccc(C)c3)C(=S)N[C@H](C)c3ccccc3)c(=O)[nH]c2cc1OC. The van der Waals surface area contributed by atoms with Crippen LogP contribution in [-0.4, -0.2) is 35.8 Å². The van der Waals surface area contributed by atoms with E-state index in [4.69, 9.17) is 21.7 Å². The zero-order chi connectivity index (χ0) is 26.4. The van der Waals surface area contributed by atoms with Crippen molar-refractivity contribution in [2.45, 2.75) is 32.9 Å². The van der Waals surface area contributed by atoms with Crippen LogP contribution in [0.25, 0.3) is 10.9 Å². The van der Waals surface area contributed by atoms with Gasteiger partial charge in [0.2, 0.25) is 0 Å². The summed E-state index contributed by atoms with van der Waals surface area (Å²) < 4.78 is 10.8. The predicted octanol–water partition coefficient (Wildman–Crippen LogP) is 5.53. The molecular weight excluding hydrogens is 482 g/mol. The molecule has 0 aliphatic heterocycles. The molecule has 0 fully saturated rings. The fourth-order valence-corrected chi connectivity index (χ4v) is 4.72. The first kappa shape index (κ1) is 26.2. The second-order valence-corrected chi connectivity index (χ2v) is 9.55. The van der Waals surface area contributed by atoms with Crippen molar-refractivity contribution < 1.29 is 9.47 Å². The number of aromatic amines is 1. The number of ether oxygens (including phenoxy) is 2. The van der Waals surface area contributed by atoms with Gasteiger partial charge < -0.3 is 24.7 Å². The predicted molar refractivity (Wildman–Crippen MR) is 154 cm³/mol. The van der Waals surface area contributed by atoms with E-state index >= 15 is 0 Å². The maximum Gasteiger partial charge on any atom is 0.253 e. The Morgan fingerprint density at radius 3 is 2.43 bits per heavy atom. The van der Waals surface area contributed by atoms with Gasteiger partial charge in [0, 0.05) is 23.6 Å². The second-order valence-electron chi connectivity index (χ2n) is 9.16. The Hall–Kier alpha value is -3.84. The normalized spacial score (nSPS) is 11.7. The molecule has 0 amide bonds. The summed E-state index contributed by atoms with van der Waals surface area (Å²) >= 11 is 5.87. The highest BCUT2D eigenvalue weighted by Crippen LogP contribution is 2.31. The Bertz CT molecular complexity index is 1440. The van der Waals surface area contributed by atoms with Crippen LogP contribution in [0.15, 0.2) is 77.6 Å². The van der Waals surface area contributed by atoms with Gasteiger partial charge in [0.25, 0.3) is 5.56 Å². The lowest BCUT2D eigenvalue weighted by Crippen LogP contribution is -2.42. The first-order valence-electron chi connectivity index (χ1n) is 12.3. The van der Waals surface area contributed by atoms with Crippen LogP contribution in [0.3, 0.4) is 0 Å². The van der Waals surface area contributed by atoms with E-state index in [2.05, 4.69) is 65.4 Å². The van der Waals surface area contributed by atoms with E-state index in [1.807, 2.05) is 30.3 Å². The number of fused-ring (bicyclic) bond motifs is 1. The van der Waals surface area contributed by atoms with Crippen molar-refractivity contribution >= 4 is 28.2 Å². The smallest absolute Gasteiger partial charge is 0.253 e. The van der Waals surface area contributed by atoms with Gasteiger partial charge in [0.1, 0.15) is 0 Å². The first-order chi connectivity index (χ1) is 17.9. The molecule has 192 valence electrons. The van der Waals surface area contributed by atoms with Gasteiger partial charge in [0.15, 0.2) is 16.6 Å². The maximum absolute atomic E-state index is 13.1. The molecule has 0 aliphatic rings. The van der Waals surface area contributed by atoms with Crippen molar-refractivity contribution in [3.05, 3.63) is 105 Å². The molecule has 4 rings (SSSR count). The summed E-state index contributed by atoms with van der Waals surface area (Å²) in [5.74, 6) is 1.18. The van der Waals surface area contributed by atoms with E-state index in [0.717, 1.165) is 17.4 Å². The van der Waals surface area contributed by atoms with E-state index in [1.54, 1.807) is 20.3 Å². The molecule has 1 aromatic heterocycles. The Morgan fingerprint density at radius 1 is 1.00 bits per heavy atom. The minimum absolute atomic E-state index is 0.0294. The van der Waals surface area contributed by atoms with Crippen molar-refractivity contribution in [2.75, 3.05) is 20.8 Å². The summed E-state index contributed by atoms with van der Waals surface area (Å²) in [6.45, 7) is 5.22. The lowest BCUT2D eigenvalue weighted by molar-refractivity contribution is 0.355. The minimum atomic E-state index is -0.154. The van der Waals surface area contributed by atoms with Crippen LogP contribution in [0.4, 0.5) is 0 Å². The fourth-order valence-electron chi connectivity index (χ4n) is 4.39. The Kier molecular flexibility index (Phi) is 8.46. The third-order valence-corrected chi connectivity index (χ3v) is 6.84. The van der Waals surface area contributed by atoms with Crippen LogP contribution in [0.2, 0.25) is 0 Å². The van der Waals surface area contributed by atoms with Gasteiger partial charge in [-0.2, -0.15) is 0 Å². The number of pyridine rings is 1. The van der Waals surface area contributed by atoms with Gasteiger partial charge in [0.05, 0.1) is 32.3 Å². The molecular formula is C30H33N3O3S. The number of aryl methyl sites for hydroxylation is 1. The Balaban J connectivity index is 1.62. The van der Waals surface area contributed by atoms with Crippen LogP contribution in [0, 0.1) is 6.92 Å². The lowest BCUT2D eigenvalue weighted by atomic mass is 10.1. The summed E-state index contributed by atoms with van der Waals surface area (Å²) in [7, 11) is 3.17. The average molecular weight is 516 g/mol. The molecule has 0 radical (unpaired) electrons. The molecule has 1 atom stereocenters. The summed E-state index contributed by atoms with van der Waals surface area (Å²) in [5, 5.41) is 4.93. The average Bonchev–Trinajstić information content (AvgIpc) is 2.90. The Morgan fingerprint density at radius 2 is 1.73 bits per heavy atom. The monoisotopic (exact) mass is 515 g/mol. The third kappa shape index (κ3) is 6.49. The van der Waals surface area contributed by atoms with Crippen LogP contribution in [-0.2, 0) is 13.0 Å². The number of rotatable bonds is 9. The highest BCUT2D eigenvalue weighted by atomic mass is 32.1. The summed E-state index contributed by atoms with van der Waals surface area (Å²) in [5.41, 5.74) is 4.76. The van der Waals surface area contributed by atoms with Crippen LogP contribution < -0.4 is 20.3 Å². The molecule has 1 heterocycles. The van der Waals surface area contributed by atoms with Crippen molar-refractivity contribution in [3.63, 3.8) is 0 Å². The number of H-pyrrole nitrogens is 1. The van der Waals surface area contributed by atoms with Crippen LogP contribution in [0.5, 0.6) is 11.5 Å². The number of hydrogen-bond acceptors (Lipinski definition) is 4. The first-order valence-corrected chi connectivity index (χ1v) is 12.7. The highest BCUT2D eigenvalue weighted by Gasteiger charge is 2.17. The van der Waals surface area contributed by atoms with Crippen molar-refractivity contribution in [3.8, 4) is 11.5 Å². The zero-order valence-electron chi connectivity index (χ0n) is 21.7. The zero-order valence-corrected chi connectivity index (χ0v) is 22.5. The van der Waals surface area contributed by atoms with Gasteiger partial charge >= 0.3 is 0 Å². The standard InChI is InChI=1S/C30H33N3O3S/c1-20-9-8-10-22(15-20)13-14-33(30(37)31-21(2)23-11-6-5-7-12-23)19-25-16-24-17-27(35-3)28(36-4)18-26(24)32-29(25)34/h5-12,15-18,21H,13-14,19H2,1-4H3,(H,31,37)(H,32,34)/t21-/m1/s1. The molecule has 0 spiro atoms. The summed E-state index contributed by atoms with van der Waals surface area (Å²) in [4.78, 5) is 18.1. The quantitative estimate of drug-likeness (QED) is 0.286. The largest absolute Gasteiger partial charge is 0.493 e. The summed E-state index contributed by atoms with van der Waals surface area (Å²) in [6, 6.07) is 24.2. The fraction of sp³-hybridized carbons (Fsp3) is 0.267. The molecule has 0 aliphatic carbocycles. The molecule has 37 heavy (non-hydrogen) atoms. The van der Waals surface area contributed by atoms with E-state index < -0.39 is 0 Å². The lowest BCUT2D eigenvalue weighted by Gasteiger charge is -2.28. The summed E-state index contributed by atoms with van der Waals surface area (Å²) in [6.07, 6.45) is 0.805. The van der Waals surface area contributed by atoms with Gasteiger partial charge in [-0.1, -0.05) is 60.2 Å². The molecule has 7 heteroatoms. The van der Waals surface area contributed by atoms with Gasteiger partial charge in [-0.05, 0) is 55.7 Å². The molecule has 0 unspecified atom stereocenters. The van der Waals surface area contributed by atoms with E-state index in [0.29, 0.717) is 40.8 Å². The minimum Gasteiger partial charge on any atom is -0.493 e. The van der Waals surface area contributed by atoms with Crippen molar-refractivity contribution in [1.29, 1.82) is 0 Å². The molecule has 6 nitrogen and oxygen atoms in total. The van der Waals surface area contributed by atoms with Gasteiger partial charge in [-0.3, -0.25) is 4.79 Å². The highest BCUT2D eigenvalue weighted by molar-refractivity contribution is 7.80. The second kappa shape index (κ2) is 11.9. The third-order valence-electron chi connectivity index (χ3n) is 6.47. The number of hydrogen-bond donors (Lipinski definition) is 2. The molecule has 0 saturated carbocycles. The number of aromatic nitrogens is 1. The van der Waals surface area contributed by atoms with Crippen LogP contribution in [0.1, 0.15) is 35.2 Å². The maximum atomic E-state index is 13.1. The van der Waals surface area contributed by atoms with Crippen molar-refractivity contribution in [2.24, 2.45) is 0 Å². The van der Waals surface area contributed by atoms with E-state index in [9.17, 15) is 4.79 Å². The van der Waals surface area contributed by atoms with Crippen molar-refractivity contribution in [1.82, 2.24) is 15.2 Å². The van der Waals surface area contributed by atoms with Gasteiger partial charge in [-0.25, -0.2) is 0 Å². The number of methoxy groups -OCH3 is 2. The van der Waals surface area contributed by atoms with Crippen LogP contribution >= 0.6 is 12.2 Å². The number of benzene rings is 3. The number of nitrogens with zero attached hydrogens (tertiary/aromatic N) is 1. The molecule has 0 bridgehead atoms. The van der Waals surface area contributed by atoms with E-state index in [-0.39, 0.29) is 11.6 Å². The topological polar surface area (TPSA) is 66.6 Å². The molecule has 0 saturated heterocycles. The Labute approximate surface area is 223 Å². The molecule has 4 aromatic rings.